The lowest BCUT2D eigenvalue weighted by Crippen LogP contribution is -2.44. The molecule has 3 aromatic rings. The van der Waals surface area contributed by atoms with Gasteiger partial charge in [-0.1, -0.05) is 41.9 Å². The standard InChI is InChI=1S/C24H24ClN3O2/c1-27-13-15-28(16-14-27)22-10-7-19(17-21(22)25)26-24(29)12-9-20-8-11-23(30-20)18-5-3-2-4-6-18/h2-12,17H,13-16H2,1H3,(H,26,29)/b12-9+. The number of nitrogens with zero attached hydrogens (tertiary/aromatic N) is 2. The van der Waals surface area contributed by atoms with Gasteiger partial charge in [0, 0.05) is 43.5 Å². The van der Waals surface area contributed by atoms with E-state index in [1.54, 1.807) is 12.1 Å². The molecule has 0 spiro atoms. The zero-order valence-electron chi connectivity index (χ0n) is 16.8. The van der Waals surface area contributed by atoms with E-state index in [0.717, 1.165) is 43.2 Å². The Morgan fingerprint density at radius 1 is 1.03 bits per heavy atom. The summed E-state index contributed by atoms with van der Waals surface area (Å²) in [4.78, 5) is 16.9. The molecular weight excluding hydrogens is 398 g/mol. The van der Waals surface area contributed by atoms with Crippen LogP contribution in [0.1, 0.15) is 5.76 Å². The number of amides is 1. The van der Waals surface area contributed by atoms with Crippen LogP contribution in [0.25, 0.3) is 17.4 Å². The SMILES string of the molecule is CN1CCN(c2ccc(NC(=O)/C=C/c3ccc(-c4ccccc4)o3)cc2Cl)CC1. The number of hydrogen-bond acceptors (Lipinski definition) is 4. The van der Waals surface area contributed by atoms with Crippen LogP contribution in [0.2, 0.25) is 5.02 Å². The van der Waals surface area contributed by atoms with E-state index in [0.29, 0.717) is 16.5 Å². The number of carbonyl (C=O) groups is 1. The predicted octanol–water partition coefficient (Wildman–Crippen LogP) is 5.00. The van der Waals surface area contributed by atoms with Gasteiger partial charge in [0.2, 0.25) is 5.91 Å². The summed E-state index contributed by atoms with van der Waals surface area (Å²) < 4.78 is 5.78. The van der Waals surface area contributed by atoms with Crippen molar-refractivity contribution >= 4 is 35.0 Å². The molecule has 1 N–H and O–H groups in total. The number of rotatable bonds is 5. The fourth-order valence-corrected chi connectivity index (χ4v) is 3.73. The molecule has 5 nitrogen and oxygen atoms in total. The molecule has 1 saturated heterocycles. The summed E-state index contributed by atoms with van der Waals surface area (Å²) >= 11 is 6.48. The molecule has 2 heterocycles. The molecule has 4 rings (SSSR count). The average Bonchev–Trinajstić information content (AvgIpc) is 3.23. The Morgan fingerprint density at radius 3 is 2.53 bits per heavy atom. The van der Waals surface area contributed by atoms with Crippen molar-refractivity contribution in [3.05, 3.63) is 77.5 Å². The Morgan fingerprint density at radius 2 is 1.80 bits per heavy atom. The van der Waals surface area contributed by atoms with Crippen LogP contribution < -0.4 is 10.2 Å². The van der Waals surface area contributed by atoms with Gasteiger partial charge >= 0.3 is 0 Å². The second-order valence-corrected chi connectivity index (χ2v) is 7.75. The lowest BCUT2D eigenvalue weighted by Gasteiger charge is -2.34. The molecule has 30 heavy (non-hydrogen) atoms. The maximum absolute atomic E-state index is 12.3. The molecule has 0 unspecified atom stereocenters. The highest BCUT2D eigenvalue weighted by atomic mass is 35.5. The van der Waals surface area contributed by atoms with E-state index in [1.807, 2.05) is 54.6 Å². The van der Waals surface area contributed by atoms with Crippen LogP contribution in [0.15, 0.2) is 71.2 Å². The van der Waals surface area contributed by atoms with Gasteiger partial charge in [0.25, 0.3) is 0 Å². The maximum atomic E-state index is 12.3. The van der Waals surface area contributed by atoms with Crippen LogP contribution in [0, 0.1) is 0 Å². The summed E-state index contributed by atoms with van der Waals surface area (Å²) in [5.74, 6) is 1.14. The Bertz CT molecular complexity index is 1040. The van der Waals surface area contributed by atoms with E-state index in [9.17, 15) is 4.79 Å². The third kappa shape index (κ3) is 4.93. The third-order valence-corrected chi connectivity index (χ3v) is 5.45. The van der Waals surface area contributed by atoms with E-state index in [1.165, 1.54) is 6.08 Å². The molecule has 154 valence electrons. The second-order valence-electron chi connectivity index (χ2n) is 7.35. The van der Waals surface area contributed by atoms with Crippen molar-refractivity contribution in [1.82, 2.24) is 4.90 Å². The first-order valence-corrected chi connectivity index (χ1v) is 10.3. The van der Waals surface area contributed by atoms with Crippen molar-refractivity contribution in [2.45, 2.75) is 0 Å². The highest BCUT2D eigenvalue weighted by Crippen LogP contribution is 2.29. The quantitative estimate of drug-likeness (QED) is 0.589. The Hall–Kier alpha value is -3.02. The monoisotopic (exact) mass is 421 g/mol. The van der Waals surface area contributed by atoms with Gasteiger partial charge in [-0.15, -0.1) is 0 Å². The summed E-state index contributed by atoms with van der Waals surface area (Å²) in [7, 11) is 2.12. The van der Waals surface area contributed by atoms with Crippen molar-refractivity contribution in [3.8, 4) is 11.3 Å². The summed E-state index contributed by atoms with van der Waals surface area (Å²) in [6.07, 6.45) is 3.11. The minimum absolute atomic E-state index is 0.240. The van der Waals surface area contributed by atoms with Crippen molar-refractivity contribution in [3.63, 3.8) is 0 Å². The van der Waals surface area contributed by atoms with E-state index in [2.05, 4.69) is 22.2 Å². The molecule has 1 aliphatic heterocycles. The highest BCUT2D eigenvalue weighted by molar-refractivity contribution is 6.33. The number of furan rings is 1. The van der Waals surface area contributed by atoms with E-state index < -0.39 is 0 Å². The van der Waals surface area contributed by atoms with Gasteiger partial charge in [-0.2, -0.15) is 0 Å². The van der Waals surface area contributed by atoms with E-state index in [-0.39, 0.29) is 5.91 Å². The number of nitrogens with one attached hydrogen (secondary N) is 1. The fourth-order valence-electron chi connectivity index (χ4n) is 3.43. The number of benzene rings is 2. The molecule has 1 aliphatic rings. The molecule has 1 fully saturated rings. The Kier molecular flexibility index (Phi) is 6.21. The van der Waals surface area contributed by atoms with Crippen molar-refractivity contribution in [2.75, 3.05) is 43.4 Å². The molecule has 0 aliphatic carbocycles. The predicted molar refractivity (Wildman–Crippen MR) is 123 cm³/mol. The van der Waals surface area contributed by atoms with Gasteiger partial charge in [-0.3, -0.25) is 4.79 Å². The zero-order valence-corrected chi connectivity index (χ0v) is 17.6. The molecule has 1 amide bonds. The van der Waals surface area contributed by atoms with Crippen molar-refractivity contribution in [2.24, 2.45) is 0 Å². The number of anilines is 2. The van der Waals surface area contributed by atoms with Gasteiger partial charge in [0.15, 0.2) is 0 Å². The molecule has 6 heteroatoms. The van der Waals surface area contributed by atoms with Gasteiger partial charge in [-0.05, 0) is 43.5 Å². The molecule has 0 bridgehead atoms. The Balaban J connectivity index is 1.37. The first-order chi connectivity index (χ1) is 14.6. The summed E-state index contributed by atoms with van der Waals surface area (Å²) in [5.41, 5.74) is 2.66. The van der Waals surface area contributed by atoms with E-state index in [4.69, 9.17) is 16.0 Å². The van der Waals surface area contributed by atoms with Crippen LogP contribution >= 0.6 is 11.6 Å². The third-order valence-electron chi connectivity index (χ3n) is 5.14. The molecule has 0 atom stereocenters. The number of likely N-dealkylation sites (N-methyl/N-ethyl adjacent to an activating group) is 1. The summed E-state index contributed by atoms with van der Waals surface area (Å²) in [6.45, 7) is 3.91. The number of halogens is 1. The smallest absolute Gasteiger partial charge is 0.248 e. The minimum Gasteiger partial charge on any atom is -0.457 e. The average molecular weight is 422 g/mol. The first kappa shape index (κ1) is 20.3. The molecule has 0 saturated carbocycles. The number of hydrogen-bond donors (Lipinski definition) is 1. The van der Waals surface area contributed by atoms with Crippen LogP contribution in [0.5, 0.6) is 0 Å². The summed E-state index contributed by atoms with van der Waals surface area (Å²) in [6, 6.07) is 19.2. The van der Waals surface area contributed by atoms with Crippen LogP contribution in [-0.2, 0) is 4.79 Å². The maximum Gasteiger partial charge on any atom is 0.248 e. The van der Waals surface area contributed by atoms with Crippen LogP contribution in [0.3, 0.4) is 0 Å². The number of carbonyl (C=O) groups excluding carboxylic acids is 1. The molecule has 1 aromatic heterocycles. The van der Waals surface area contributed by atoms with Crippen molar-refractivity contribution < 1.29 is 9.21 Å². The van der Waals surface area contributed by atoms with Gasteiger partial charge in [-0.25, -0.2) is 0 Å². The molecule has 2 aromatic carbocycles. The van der Waals surface area contributed by atoms with Crippen LogP contribution in [0.4, 0.5) is 11.4 Å². The second kappa shape index (κ2) is 9.20. The first-order valence-electron chi connectivity index (χ1n) is 9.96. The normalized spacial score (nSPS) is 14.9. The fraction of sp³-hybridized carbons (Fsp3) is 0.208. The van der Waals surface area contributed by atoms with Gasteiger partial charge in [0.1, 0.15) is 11.5 Å². The summed E-state index contributed by atoms with van der Waals surface area (Å²) in [5, 5.41) is 3.49. The molecule has 0 radical (unpaired) electrons. The molecular formula is C24H24ClN3O2. The largest absolute Gasteiger partial charge is 0.457 e. The van der Waals surface area contributed by atoms with Gasteiger partial charge < -0.3 is 19.5 Å². The minimum atomic E-state index is -0.240. The zero-order chi connectivity index (χ0) is 20.9. The highest BCUT2D eigenvalue weighted by Gasteiger charge is 2.16. The van der Waals surface area contributed by atoms with Crippen molar-refractivity contribution in [1.29, 1.82) is 0 Å². The Labute approximate surface area is 181 Å². The topological polar surface area (TPSA) is 48.7 Å². The van der Waals surface area contributed by atoms with E-state index >= 15 is 0 Å². The lowest BCUT2D eigenvalue weighted by atomic mass is 10.2. The van der Waals surface area contributed by atoms with Crippen LogP contribution in [-0.4, -0.2) is 44.0 Å². The number of piperazine rings is 1. The lowest BCUT2D eigenvalue weighted by molar-refractivity contribution is -0.111. The van der Waals surface area contributed by atoms with Gasteiger partial charge in [0.05, 0.1) is 10.7 Å².